The van der Waals surface area contributed by atoms with Gasteiger partial charge in [0, 0.05) is 25.4 Å². The highest BCUT2D eigenvalue weighted by Gasteiger charge is 2.22. The lowest BCUT2D eigenvalue weighted by molar-refractivity contribution is -0.121. The van der Waals surface area contributed by atoms with Gasteiger partial charge < -0.3 is 10.6 Å². The van der Waals surface area contributed by atoms with Crippen molar-refractivity contribution in [2.45, 2.75) is 18.2 Å². The van der Waals surface area contributed by atoms with Crippen molar-refractivity contribution in [1.82, 2.24) is 10.6 Å². The first-order chi connectivity index (χ1) is 6.09. The molecule has 2 unspecified atom stereocenters. The zero-order chi connectivity index (χ0) is 9.84. The van der Waals surface area contributed by atoms with Gasteiger partial charge in [0.15, 0.2) is 0 Å². The molecule has 1 fully saturated rings. The molecule has 0 bridgehead atoms. The molecule has 1 aliphatic heterocycles. The second-order valence-corrected chi connectivity index (χ2v) is 4.61. The van der Waals surface area contributed by atoms with Crippen LogP contribution in [-0.2, 0) is 9.59 Å². The van der Waals surface area contributed by atoms with Crippen molar-refractivity contribution < 1.29 is 9.59 Å². The van der Waals surface area contributed by atoms with Gasteiger partial charge in [-0.1, -0.05) is 15.9 Å². The maximum Gasteiger partial charge on any atom is 0.233 e. The Morgan fingerprint density at radius 3 is 3.00 bits per heavy atom. The van der Waals surface area contributed by atoms with E-state index in [0.29, 0.717) is 19.5 Å². The fraction of sp³-hybridized carbons (Fsp3) is 0.750. The van der Waals surface area contributed by atoms with Gasteiger partial charge in [-0.2, -0.15) is 0 Å². The van der Waals surface area contributed by atoms with Gasteiger partial charge in [-0.15, -0.1) is 0 Å². The lowest BCUT2D eigenvalue weighted by Gasteiger charge is -2.09. The van der Waals surface area contributed by atoms with Crippen molar-refractivity contribution in [1.29, 1.82) is 0 Å². The van der Waals surface area contributed by atoms with E-state index in [1.165, 1.54) is 0 Å². The number of hydrogen-bond acceptors (Lipinski definition) is 2. The summed E-state index contributed by atoms with van der Waals surface area (Å²) in [5, 5.41) is 5.49. The van der Waals surface area contributed by atoms with E-state index in [0.717, 1.165) is 0 Å². The van der Waals surface area contributed by atoms with E-state index >= 15 is 0 Å². The van der Waals surface area contributed by atoms with Crippen LogP contribution in [0.5, 0.6) is 0 Å². The minimum atomic E-state index is -0.169. The van der Waals surface area contributed by atoms with E-state index in [4.69, 9.17) is 0 Å². The molecule has 1 saturated heterocycles. The Morgan fingerprint density at radius 1 is 1.85 bits per heavy atom. The van der Waals surface area contributed by atoms with E-state index in [-0.39, 0.29) is 22.6 Å². The molecular formula is C8H13BrN2O2. The van der Waals surface area contributed by atoms with Crippen LogP contribution in [0.25, 0.3) is 0 Å². The van der Waals surface area contributed by atoms with Gasteiger partial charge in [0.1, 0.15) is 0 Å². The molecule has 0 aliphatic carbocycles. The Bertz CT molecular complexity index is 218. The highest BCUT2D eigenvalue weighted by atomic mass is 79.9. The number of carbonyl (C=O) groups is 2. The number of nitrogens with one attached hydrogen (secondary N) is 2. The van der Waals surface area contributed by atoms with Gasteiger partial charge in [0.05, 0.1) is 4.83 Å². The molecule has 5 heteroatoms. The van der Waals surface area contributed by atoms with Crippen molar-refractivity contribution in [3.05, 3.63) is 0 Å². The van der Waals surface area contributed by atoms with Crippen LogP contribution in [0.2, 0.25) is 0 Å². The van der Waals surface area contributed by atoms with Gasteiger partial charge >= 0.3 is 0 Å². The number of amides is 2. The quantitative estimate of drug-likeness (QED) is 0.693. The SMILES string of the molecule is CC(Br)C(=O)NCC1CNC(=O)C1. The highest BCUT2D eigenvalue weighted by molar-refractivity contribution is 9.10. The number of halogens is 1. The van der Waals surface area contributed by atoms with Gasteiger partial charge in [0.2, 0.25) is 11.8 Å². The smallest absolute Gasteiger partial charge is 0.233 e. The van der Waals surface area contributed by atoms with Crippen LogP contribution in [0.1, 0.15) is 13.3 Å². The Labute approximate surface area is 85.6 Å². The molecule has 13 heavy (non-hydrogen) atoms. The normalized spacial score (nSPS) is 23.8. The van der Waals surface area contributed by atoms with E-state index in [9.17, 15) is 9.59 Å². The van der Waals surface area contributed by atoms with Gasteiger partial charge in [-0.05, 0) is 6.92 Å². The molecule has 0 aromatic rings. The van der Waals surface area contributed by atoms with E-state index in [2.05, 4.69) is 26.6 Å². The Kier molecular flexibility index (Phi) is 3.71. The van der Waals surface area contributed by atoms with Crippen LogP contribution in [0.4, 0.5) is 0 Å². The molecule has 1 heterocycles. The number of rotatable bonds is 3. The van der Waals surface area contributed by atoms with Crippen molar-refractivity contribution in [2.75, 3.05) is 13.1 Å². The molecule has 2 amide bonds. The van der Waals surface area contributed by atoms with Crippen molar-refractivity contribution in [2.24, 2.45) is 5.92 Å². The second kappa shape index (κ2) is 4.60. The molecule has 0 aromatic carbocycles. The van der Waals surface area contributed by atoms with Crippen LogP contribution in [0.3, 0.4) is 0 Å². The first kappa shape index (κ1) is 10.5. The zero-order valence-corrected chi connectivity index (χ0v) is 9.06. The van der Waals surface area contributed by atoms with Crippen molar-refractivity contribution in [3.8, 4) is 0 Å². The summed E-state index contributed by atoms with van der Waals surface area (Å²) in [7, 11) is 0. The van der Waals surface area contributed by atoms with Crippen LogP contribution in [0.15, 0.2) is 0 Å². The Balaban J connectivity index is 2.19. The topological polar surface area (TPSA) is 58.2 Å². The molecule has 1 rings (SSSR count). The zero-order valence-electron chi connectivity index (χ0n) is 7.47. The summed E-state index contributed by atoms with van der Waals surface area (Å²) >= 11 is 3.17. The second-order valence-electron chi connectivity index (χ2n) is 3.24. The van der Waals surface area contributed by atoms with E-state index < -0.39 is 0 Å². The summed E-state index contributed by atoms with van der Waals surface area (Å²) in [6, 6.07) is 0. The van der Waals surface area contributed by atoms with Gasteiger partial charge in [-0.25, -0.2) is 0 Å². The molecule has 2 N–H and O–H groups in total. The molecular weight excluding hydrogens is 236 g/mol. The molecule has 74 valence electrons. The molecule has 0 spiro atoms. The molecule has 0 aromatic heterocycles. The Hall–Kier alpha value is -0.580. The predicted molar refractivity (Wildman–Crippen MR) is 52.5 cm³/mol. The number of carbonyl (C=O) groups excluding carboxylic acids is 2. The first-order valence-electron chi connectivity index (χ1n) is 4.28. The van der Waals surface area contributed by atoms with E-state index in [1.54, 1.807) is 6.92 Å². The lowest BCUT2D eigenvalue weighted by atomic mass is 10.1. The Morgan fingerprint density at radius 2 is 2.54 bits per heavy atom. The van der Waals surface area contributed by atoms with Gasteiger partial charge in [-0.3, -0.25) is 9.59 Å². The third-order valence-electron chi connectivity index (χ3n) is 1.99. The maximum atomic E-state index is 11.1. The monoisotopic (exact) mass is 248 g/mol. The summed E-state index contributed by atoms with van der Waals surface area (Å²) < 4.78 is 0. The highest BCUT2D eigenvalue weighted by Crippen LogP contribution is 2.07. The first-order valence-corrected chi connectivity index (χ1v) is 5.19. The largest absolute Gasteiger partial charge is 0.356 e. The molecule has 0 saturated carbocycles. The van der Waals surface area contributed by atoms with Crippen LogP contribution < -0.4 is 10.6 Å². The summed E-state index contributed by atoms with van der Waals surface area (Å²) in [5.41, 5.74) is 0. The van der Waals surface area contributed by atoms with Crippen LogP contribution in [-0.4, -0.2) is 29.7 Å². The number of alkyl halides is 1. The summed E-state index contributed by atoms with van der Waals surface area (Å²) in [4.78, 5) is 21.7. The molecule has 1 aliphatic rings. The third-order valence-corrected chi connectivity index (χ3v) is 2.40. The average molecular weight is 249 g/mol. The minimum absolute atomic E-state index is 0.0284. The van der Waals surface area contributed by atoms with Crippen molar-refractivity contribution >= 4 is 27.7 Å². The fourth-order valence-electron chi connectivity index (χ4n) is 1.19. The summed E-state index contributed by atoms with van der Waals surface area (Å²) in [6.45, 7) is 3.02. The average Bonchev–Trinajstić information content (AvgIpc) is 2.47. The number of hydrogen-bond donors (Lipinski definition) is 2. The molecule has 0 radical (unpaired) electrons. The van der Waals surface area contributed by atoms with Crippen LogP contribution in [0, 0.1) is 5.92 Å². The fourth-order valence-corrected chi connectivity index (χ4v) is 1.36. The third kappa shape index (κ3) is 3.34. The minimum Gasteiger partial charge on any atom is -0.356 e. The summed E-state index contributed by atoms with van der Waals surface area (Å²) in [5.74, 6) is 0.299. The maximum absolute atomic E-state index is 11.1. The molecule has 4 nitrogen and oxygen atoms in total. The predicted octanol–water partition coefficient (Wildman–Crippen LogP) is 0.0221. The molecule has 2 atom stereocenters. The van der Waals surface area contributed by atoms with Crippen molar-refractivity contribution in [3.63, 3.8) is 0 Å². The standard InChI is InChI=1S/C8H13BrN2O2/c1-5(9)8(13)11-4-6-2-7(12)10-3-6/h5-6H,2-4H2,1H3,(H,10,12)(H,11,13). The van der Waals surface area contributed by atoms with Crippen LogP contribution >= 0.6 is 15.9 Å². The lowest BCUT2D eigenvalue weighted by Crippen LogP contribution is -2.34. The summed E-state index contributed by atoms with van der Waals surface area (Å²) in [6.07, 6.45) is 0.525. The van der Waals surface area contributed by atoms with E-state index in [1.807, 2.05) is 0 Å². The van der Waals surface area contributed by atoms with Gasteiger partial charge in [0.25, 0.3) is 0 Å².